The maximum atomic E-state index is 13.4. The van der Waals surface area contributed by atoms with Crippen LogP contribution in [-0.2, 0) is 4.79 Å². The Morgan fingerprint density at radius 1 is 1.17 bits per heavy atom. The summed E-state index contributed by atoms with van der Waals surface area (Å²) in [5.74, 6) is 0.770. The minimum Gasteiger partial charge on any atom is -0.496 e. The van der Waals surface area contributed by atoms with Gasteiger partial charge >= 0.3 is 0 Å². The number of hydrogen-bond acceptors (Lipinski definition) is 4. The summed E-state index contributed by atoms with van der Waals surface area (Å²) in [4.78, 5) is 15.7. The van der Waals surface area contributed by atoms with Gasteiger partial charge in [0.15, 0.2) is 0 Å². The van der Waals surface area contributed by atoms with Gasteiger partial charge in [-0.2, -0.15) is 5.10 Å². The third-order valence-corrected chi connectivity index (χ3v) is 6.47. The molecule has 0 bridgehead atoms. The lowest BCUT2D eigenvalue weighted by Crippen LogP contribution is -2.44. The zero-order chi connectivity index (χ0) is 21.1. The van der Waals surface area contributed by atoms with Gasteiger partial charge in [0, 0.05) is 23.0 Å². The van der Waals surface area contributed by atoms with Crippen molar-refractivity contribution in [1.29, 1.82) is 0 Å². The lowest BCUT2D eigenvalue weighted by molar-refractivity contribution is -0.135. The average molecular weight is 426 g/mol. The minimum absolute atomic E-state index is 0.0126. The molecule has 0 unspecified atom stereocenters. The van der Waals surface area contributed by atoms with Crippen LogP contribution in [-0.4, -0.2) is 47.8 Å². The highest BCUT2D eigenvalue weighted by Crippen LogP contribution is 2.38. The molecule has 2 atom stereocenters. The molecule has 2 aliphatic rings. The molecule has 0 aromatic heterocycles. The molecule has 1 saturated heterocycles. The van der Waals surface area contributed by atoms with Crippen molar-refractivity contribution in [3.8, 4) is 5.75 Å². The minimum atomic E-state index is -0.216. The van der Waals surface area contributed by atoms with E-state index < -0.39 is 0 Å². The van der Waals surface area contributed by atoms with E-state index in [2.05, 4.69) is 11.8 Å². The first-order chi connectivity index (χ1) is 14.6. The van der Waals surface area contributed by atoms with Gasteiger partial charge in [0.05, 0.1) is 25.4 Å². The van der Waals surface area contributed by atoms with Gasteiger partial charge in [-0.15, -0.1) is 0 Å². The molecule has 0 N–H and O–H groups in total. The van der Waals surface area contributed by atoms with Crippen LogP contribution in [0.25, 0.3) is 0 Å². The van der Waals surface area contributed by atoms with Crippen molar-refractivity contribution in [3.05, 3.63) is 64.7 Å². The molecule has 1 fully saturated rings. The van der Waals surface area contributed by atoms with Crippen LogP contribution in [0.15, 0.2) is 53.6 Å². The fraction of sp³-hybridized carbons (Fsp3) is 0.417. The predicted molar refractivity (Wildman–Crippen MR) is 120 cm³/mol. The molecule has 2 aromatic rings. The van der Waals surface area contributed by atoms with E-state index in [9.17, 15) is 4.79 Å². The molecule has 0 spiro atoms. The molecule has 0 saturated carbocycles. The second kappa shape index (κ2) is 9.19. The number of hydrazone groups is 1. The maximum Gasteiger partial charge on any atom is 0.257 e. The quantitative estimate of drug-likeness (QED) is 0.684. The summed E-state index contributed by atoms with van der Waals surface area (Å²) in [7, 11) is 1.65. The molecule has 0 aliphatic carbocycles. The van der Waals surface area contributed by atoms with Crippen LogP contribution in [0.1, 0.15) is 49.8 Å². The van der Waals surface area contributed by atoms with Crippen LogP contribution in [0.5, 0.6) is 5.75 Å². The standard InChI is InChI=1S/C24H28ClN3O2/c1-17-9-7-8-14-27(17)16-24(29)28-22(18-10-3-5-12-20(18)25)15-21(26-28)19-11-4-6-13-23(19)30-2/h3-6,10-13,17,22H,7-9,14-16H2,1-2H3/t17-,22-/m1/s1. The van der Waals surface area contributed by atoms with E-state index >= 15 is 0 Å². The summed E-state index contributed by atoms with van der Waals surface area (Å²) in [6, 6.07) is 15.7. The van der Waals surface area contributed by atoms with Gasteiger partial charge in [0.2, 0.25) is 0 Å². The van der Waals surface area contributed by atoms with E-state index in [4.69, 9.17) is 21.4 Å². The largest absolute Gasteiger partial charge is 0.496 e. The Morgan fingerprint density at radius 3 is 2.70 bits per heavy atom. The number of para-hydroxylation sites is 1. The number of benzene rings is 2. The number of methoxy groups -OCH3 is 1. The molecular weight excluding hydrogens is 398 g/mol. The summed E-state index contributed by atoms with van der Waals surface area (Å²) in [6.45, 7) is 3.54. The molecule has 6 heteroatoms. The number of carbonyl (C=O) groups is 1. The molecule has 2 aromatic carbocycles. The van der Waals surface area contributed by atoms with Crippen LogP contribution < -0.4 is 4.74 Å². The Morgan fingerprint density at radius 2 is 1.93 bits per heavy atom. The molecule has 0 radical (unpaired) electrons. The number of nitrogens with zero attached hydrogens (tertiary/aromatic N) is 3. The fourth-order valence-corrected chi connectivity index (χ4v) is 4.67. The van der Waals surface area contributed by atoms with Crippen LogP contribution in [0.3, 0.4) is 0 Å². The first kappa shape index (κ1) is 20.9. The van der Waals surface area contributed by atoms with Crippen molar-refractivity contribution < 1.29 is 9.53 Å². The van der Waals surface area contributed by atoms with Crippen molar-refractivity contribution >= 4 is 23.2 Å². The summed E-state index contributed by atoms with van der Waals surface area (Å²) >= 11 is 6.52. The summed E-state index contributed by atoms with van der Waals surface area (Å²) in [6.07, 6.45) is 4.11. The van der Waals surface area contributed by atoms with Gasteiger partial charge in [-0.05, 0) is 50.1 Å². The number of ether oxygens (including phenoxy) is 1. The van der Waals surface area contributed by atoms with E-state index in [1.54, 1.807) is 12.1 Å². The van der Waals surface area contributed by atoms with Gasteiger partial charge in [-0.1, -0.05) is 48.4 Å². The van der Waals surface area contributed by atoms with E-state index in [1.807, 2.05) is 48.5 Å². The number of hydrogen-bond donors (Lipinski definition) is 0. The highest BCUT2D eigenvalue weighted by Gasteiger charge is 2.36. The Bertz CT molecular complexity index is 946. The Balaban J connectivity index is 1.66. The van der Waals surface area contributed by atoms with E-state index in [0.29, 0.717) is 24.0 Å². The number of piperidine rings is 1. The first-order valence-corrected chi connectivity index (χ1v) is 11.0. The Hall–Kier alpha value is -2.37. The zero-order valence-corrected chi connectivity index (χ0v) is 18.3. The van der Waals surface area contributed by atoms with Gasteiger partial charge in [0.25, 0.3) is 5.91 Å². The summed E-state index contributed by atoms with van der Waals surface area (Å²) in [5.41, 5.74) is 2.68. The topological polar surface area (TPSA) is 45.1 Å². The normalized spacial score (nSPS) is 22.1. The monoisotopic (exact) mass is 425 g/mol. The number of rotatable bonds is 5. The molecule has 5 nitrogen and oxygen atoms in total. The lowest BCUT2D eigenvalue weighted by atomic mass is 9.97. The molecule has 30 heavy (non-hydrogen) atoms. The molecule has 2 aliphatic heterocycles. The van der Waals surface area contributed by atoms with Crippen LogP contribution >= 0.6 is 11.6 Å². The van der Waals surface area contributed by atoms with Crippen molar-refractivity contribution in [2.75, 3.05) is 20.2 Å². The van der Waals surface area contributed by atoms with E-state index in [0.717, 1.165) is 42.0 Å². The molecular formula is C24H28ClN3O2. The second-order valence-electron chi connectivity index (χ2n) is 8.04. The smallest absolute Gasteiger partial charge is 0.257 e. The third kappa shape index (κ3) is 4.23. The molecule has 4 rings (SSSR count). The second-order valence-corrected chi connectivity index (χ2v) is 8.45. The summed E-state index contributed by atoms with van der Waals surface area (Å²) in [5, 5.41) is 7.09. The van der Waals surface area contributed by atoms with E-state index in [-0.39, 0.29) is 11.9 Å². The van der Waals surface area contributed by atoms with E-state index in [1.165, 1.54) is 6.42 Å². The van der Waals surface area contributed by atoms with Crippen molar-refractivity contribution in [3.63, 3.8) is 0 Å². The van der Waals surface area contributed by atoms with Crippen LogP contribution in [0, 0.1) is 0 Å². The first-order valence-electron chi connectivity index (χ1n) is 10.6. The van der Waals surface area contributed by atoms with Gasteiger partial charge < -0.3 is 4.74 Å². The molecule has 1 amide bonds. The number of likely N-dealkylation sites (tertiary alicyclic amines) is 1. The zero-order valence-electron chi connectivity index (χ0n) is 17.6. The highest BCUT2D eigenvalue weighted by atomic mass is 35.5. The van der Waals surface area contributed by atoms with Crippen molar-refractivity contribution in [1.82, 2.24) is 9.91 Å². The number of carbonyl (C=O) groups excluding carboxylic acids is 1. The molecule has 2 heterocycles. The lowest BCUT2D eigenvalue weighted by Gasteiger charge is -2.34. The highest BCUT2D eigenvalue weighted by molar-refractivity contribution is 6.31. The predicted octanol–water partition coefficient (Wildman–Crippen LogP) is 4.90. The summed E-state index contributed by atoms with van der Waals surface area (Å²) < 4.78 is 5.54. The third-order valence-electron chi connectivity index (χ3n) is 6.13. The molecule has 158 valence electrons. The maximum absolute atomic E-state index is 13.4. The van der Waals surface area contributed by atoms with Crippen LogP contribution in [0.4, 0.5) is 0 Å². The van der Waals surface area contributed by atoms with Crippen LogP contribution in [0.2, 0.25) is 5.02 Å². The Kier molecular flexibility index (Phi) is 6.40. The number of halogens is 1. The average Bonchev–Trinajstić information content (AvgIpc) is 3.21. The van der Waals surface area contributed by atoms with Crippen molar-refractivity contribution in [2.45, 2.75) is 44.7 Å². The Labute approximate surface area is 183 Å². The van der Waals surface area contributed by atoms with Gasteiger partial charge in [-0.25, -0.2) is 5.01 Å². The fourth-order valence-electron chi connectivity index (χ4n) is 4.41. The SMILES string of the molecule is COc1ccccc1C1=NN(C(=O)CN2CCCC[C@H]2C)[C@@H](c2ccccc2Cl)C1. The van der Waals surface area contributed by atoms with Gasteiger partial charge in [-0.3, -0.25) is 9.69 Å². The van der Waals surface area contributed by atoms with Gasteiger partial charge in [0.1, 0.15) is 5.75 Å². The van der Waals surface area contributed by atoms with Crippen molar-refractivity contribution in [2.24, 2.45) is 5.10 Å². The number of amides is 1.